The van der Waals surface area contributed by atoms with Crippen LogP contribution in [0.5, 0.6) is 0 Å². The molecule has 0 saturated carbocycles. The predicted octanol–water partition coefficient (Wildman–Crippen LogP) is 2.12. The van der Waals surface area contributed by atoms with Crippen LogP contribution in [0.15, 0.2) is 0 Å². The molecule has 102 valence electrons. The average Bonchev–Trinajstić information content (AvgIpc) is 2.34. The molecule has 0 spiro atoms. The van der Waals surface area contributed by atoms with E-state index < -0.39 is 0 Å². The second-order valence-corrected chi connectivity index (χ2v) is 5.37. The summed E-state index contributed by atoms with van der Waals surface area (Å²) >= 11 is 0. The van der Waals surface area contributed by atoms with Crippen LogP contribution in [-0.4, -0.2) is 49.8 Å². The van der Waals surface area contributed by atoms with E-state index in [1.54, 1.807) is 0 Å². The highest BCUT2D eigenvalue weighted by molar-refractivity contribution is 4.86. The molecule has 2 atom stereocenters. The van der Waals surface area contributed by atoms with Gasteiger partial charge in [-0.15, -0.1) is 0 Å². The normalized spacial score (nSPS) is 26.6. The molecule has 1 saturated heterocycles. The van der Waals surface area contributed by atoms with Crippen molar-refractivity contribution in [2.75, 3.05) is 32.8 Å². The Morgan fingerprint density at radius 2 is 2.12 bits per heavy atom. The largest absolute Gasteiger partial charge is 0.382 e. The minimum atomic E-state index is 0.657. The molecule has 1 aliphatic rings. The molecular formula is C14H30N2O. The van der Waals surface area contributed by atoms with Crippen LogP contribution in [0.4, 0.5) is 0 Å². The summed E-state index contributed by atoms with van der Waals surface area (Å²) in [6.45, 7) is 14.2. The van der Waals surface area contributed by atoms with E-state index in [4.69, 9.17) is 4.74 Å². The molecule has 3 nitrogen and oxygen atoms in total. The van der Waals surface area contributed by atoms with Gasteiger partial charge in [-0.3, -0.25) is 4.90 Å². The van der Waals surface area contributed by atoms with Gasteiger partial charge in [0, 0.05) is 44.9 Å². The lowest BCUT2D eigenvalue weighted by Crippen LogP contribution is -2.58. The molecule has 1 N–H and O–H groups in total. The fourth-order valence-electron chi connectivity index (χ4n) is 2.52. The van der Waals surface area contributed by atoms with E-state index in [0.29, 0.717) is 12.1 Å². The molecule has 17 heavy (non-hydrogen) atoms. The van der Waals surface area contributed by atoms with Gasteiger partial charge in [-0.2, -0.15) is 0 Å². The lowest BCUT2D eigenvalue weighted by molar-refractivity contribution is 0.0866. The van der Waals surface area contributed by atoms with E-state index >= 15 is 0 Å². The summed E-state index contributed by atoms with van der Waals surface area (Å²) in [7, 11) is 0. The third-order valence-electron chi connectivity index (χ3n) is 3.78. The van der Waals surface area contributed by atoms with Gasteiger partial charge in [0.15, 0.2) is 0 Å². The molecule has 2 unspecified atom stereocenters. The molecule has 0 aromatic carbocycles. The van der Waals surface area contributed by atoms with Crippen LogP contribution in [-0.2, 0) is 4.74 Å². The molecule has 1 heterocycles. The van der Waals surface area contributed by atoms with Crippen LogP contribution < -0.4 is 5.32 Å². The van der Waals surface area contributed by atoms with Crippen LogP contribution in [0, 0.1) is 5.92 Å². The van der Waals surface area contributed by atoms with E-state index in [0.717, 1.165) is 32.1 Å². The number of rotatable bonds is 7. The highest BCUT2D eigenvalue weighted by Crippen LogP contribution is 2.15. The van der Waals surface area contributed by atoms with Crippen LogP contribution in [0.3, 0.4) is 0 Å². The summed E-state index contributed by atoms with van der Waals surface area (Å²) in [5.74, 6) is 0.724. The second kappa shape index (κ2) is 8.06. The maximum atomic E-state index is 5.43. The summed E-state index contributed by atoms with van der Waals surface area (Å²) in [5, 5.41) is 3.68. The quantitative estimate of drug-likeness (QED) is 0.692. The van der Waals surface area contributed by atoms with Crippen molar-refractivity contribution in [3.8, 4) is 0 Å². The maximum Gasteiger partial charge on any atom is 0.0478 e. The highest BCUT2D eigenvalue weighted by atomic mass is 16.5. The summed E-state index contributed by atoms with van der Waals surface area (Å²) in [6.07, 6.45) is 2.40. The highest BCUT2D eigenvalue weighted by Gasteiger charge is 2.27. The first kappa shape index (κ1) is 14.9. The molecule has 0 bridgehead atoms. The number of nitrogens with zero attached hydrogens (tertiary/aromatic N) is 1. The monoisotopic (exact) mass is 242 g/mol. The molecule has 0 aromatic heterocycles. The predicted molar refractivity (Wildman–Crippen MR) is 73.4 cm³/mol. The topological polar surface area (TPSA) is 24.5 Å². The van der Waals surface area contributed by atoms with E-state index in [-0.39, 0.29) is 0 Å². The Balaban J connectivity index is 2.34. The average molecular weight is 242 g/mol. The van der Waals surface area contributed by atoms with Crippen LogP contribution >= 0.6 is 0 Å². The standard InChI is InChI=1S/C14H30N2O/c1-5-13-10-15-14(12(3)4)11-16(13)8-7-9-17-6-2/h12-15H,5-11H2,1-4H3. The molecule has 1 rings (SSSR count). The first-order valence-electron chi connectivity index (χ1n) is 7.24. The molecule has 3 heteroatoms. The Morgan fingerprint density at radius 1 is 1.35 bits per heavy atom. The zero-order chi connectivity index (χ0) is 12.7. The minimum Gasteiger partial charge on any atom is -0.382 e. The molecule has 0 radical (unpaired) electrons. The van der Waals surface area contributed by atoms with E-state index in [9.17, 15) is 0 Å². The smallest absolute Gasteiger partial charge is 0.0478 e. The van der Waals surface area contributed by atoms with Gasteiger partial charge in [-0.25, -0.2) is 0 Å². The van der Waals surface area contributed by atoms with Gasteiger partial charge >= 0.3 is 0 Å². The molecule has 0 aliphatic carbocycles. The van der Waals surface area contributed by atoms with Crippen LogP contribution in [0.1, 0.15) is 40.5 Å². The van der Waals surface area contributed by atoms with Crippen molar-refractivity contribution in [3.63, 3.8) is 0 Å². The van der Waals surface area contributed by atoms with Crippen molar-refractivity contribution in [2.24, 2.45) is 5.92 Å². The SMILES string of the molecule is CCOCCCN1CC(C(C)C)NCC1CC. The number of piperazine rings is 1. The van der Waals surface area contributed by atoms with Gasteiger partial charge in [0.05, 0.1) is 0 Å². The summed E-state index contributed by atoms with van der Waals surface area (Å²) in [5.41, 5.74) is 0. The summed E-state index contributed by atoms with van der Waals surface area (Å²) in [4.78, 5) is 2.65. The van der Waals surface area contributed by atoms with Crippen molar-refractivity contribution in [3.05, 3.63) is 0 Å². The Bertz CT molecular complexity index is 197. The summed E-state index contributed by atoms with van der Waals surface area (Å²) < 4.78 is 5.43. The molecular weight excluding hydrogens is 212 g/mol. The Labute approximate surface area is 107 Å². The molecule has 0 amide bonds. The molecule has 1 aliphatic heterocycles. The first-order valence-corrected chi connectivity index (χ1v) is 7.24. The molecule has 1 fully saturated rings. The van der Waals surface area contributed by atoms with Gasteiger partial charge in [-0.1, -0.05) is 20.8 Å². The molecule has 0 aromatic rings. The van der Waals surface area contributed by atoms with Crippen molar-refractivity contribution in [2.45, 2.75) is 52.6 Å². The zero-order valence-corrected chi connectivity index (χ0v) is 12.0. The van der Waals surface area contributed by atoms with Gasteiger partial charge in [0.2, 0.25) is 0 Å². The fraction of sp³-hybridized carbons (Fsp3) is 1.00. The number of nitrogens with one attached hydrogen (secondary N) is 1. The number of ether oxygens (including phenoxy) is 1. The lowest BCUT2D eigenvalue weighted by Gasteiger charge is -2.41. The van der Waals surface area contributed by atoms with Gasteiger partial charge in [-0.05, 0) is 25.7 Å². The van der Waals surface area contributed by atoms with E-state index in [1.165, 1.54) is 19.5 Å². The Morgan fingerprint density at radius 3 is 2.71 bits per heavy atom. The van der Waals surface area contributed by atoms with Crippen molar-refractivity contribution >= 4 is 0 Å². The third kappa shape index (κ3) is 4.94. The van der Waals surface area contributed by atoms with Crippen molar-refractivity contribution in [1.29, 1.82) is 0 Å². The first-order chi connectivity index (χ1) is 8.19. The fourth-order valence-corrected chi connectivity index (χ4v) is 2.52. The van der Waals surface area contributed by atoms with Gasteiger partial charge in [0.1, 0.15) is 0 Å². The van der Waals surface area contributed by atoms with Crippen LogP contribution in [0.2, 0.25) is 0 Å². The second-order valence-electron chi connectivity index (χ2n) is 5.37. The van der Waals surface area contributed by atoms with Crippen molar-refractivity contribution in [1.82, 2.24) is 10.2 Å². The van der Waals surface area contributed by atoms with Gasteiger partial charge in [0.25, 0.3) is 0 Å². The number of hydrogen-bond donors (Lipinski definition) is 1. The van der Waals surface area contributed by atoms with Crippen molar-refractivity contribution < 1.29 is 4.74 Å². The Hall–Kier alpha value is -0.120. The summed E-state index contributed by atoms with van der Waals surface area (Å²) in [6, 6.07) is 1.37. The third-order valence-corrected chi connectivity index (χ3v) is 3.78. The van der Waals surface area contributed by atoms with Gasteiger partial charge < -0.3 is 10.1 Å². The van der Waals surface area contributed by atoms with Crippen LogP contribution in [0.25, 0.3) is 0 Å². The lowest BCUT2D eigenvalue weighted by atomic mass is 9.98. The minimum absolute atomic E-state index is 0.657. The zero-order valence-electron chi connectivity index (χ0n) is 12.0. The maximum absolute atomic E-state index is 5.43. The van der Waals surface area contributed by atoms with E-state index in [2.05, 4.69) is 37.9 Å². The Kier molecular flexibility index (Phi) is 7.09. The van der Waals surface area contributed by atoms with E-state index in [1.807, 2.05) is 0 Å². The number of hydrogen-bond acceptors (Lipinski definition) is 3.